The van der Waals surface area contributed by atoms with E-state index in [1.807, 2.05) is 6.07 Å². The van der Waals surface area contributed by atoms with Crippen LogP contribution in [0.15, 0.2) is 43.1 Å². The van der Waals surface area contributed by atoms with Gasteiger partial charge >= 0.3 is 5.97 Å². The van der Waals surface area contributed by atoms with Crippen molar-refractivity contribution < 1.29 is 19.4 Å². The first kappa shape index (κ1) is 18.8. The van der Waals surface area contributed by atoms with Gasteiger partial charge in [-0.05, 0) is 44.4 Å². The van der Waals surface area contributed by atoms with E-state index < -0.39 is 11.4 Å². The summed E-state index contributed by atoms with van der Waals surface area (Å²) in [5.74, 6) is -1.07. The smallest absolute Gasteiger partial charge is 0.339 e. The molecule has 1 amide bonds. The molecule has 0 saturated carbocycles. The van der Waals surface area contributed by atoms with Crippen LogP contribution < -0.4 is 5.32 Å². The average Bonchev–Trinajstić information content (AvgIpc) is 3.04. The first-order valence-corrected chi connectivity index (χ1v) is 8.85. The minimum atomic E-state index is -1.02. The van der Waals surface area contributed by atoms with Crippen molar-refractivity contribution in [1.29, 1.82) is 0 Å². The summed E-state index contributed by atoms with van der Waals surface area (Å²) in [6.07, 6.45) is 5.02. The maximum atomic E-state index is 13.0. The molecule has 0 atom stereocenters. The highest BCUT2D eigenvalue weighted by atomic mass is 16.5. The summed E-state index contributed by atoms with van der Waals surface area (Å²) in [7, 11) is 0. The Hall–Kier alpha value is -2.93. The van der Waals surface area contributed by atoms with Crippen LogP contribution in [0.1, 0.15) is 35.3 Å². The number of benzene rings is 1. The summed E-state index contributed by atoms with van der Waals surface area (Å²) in [6.45, 7) is 6.61. The molecule has 142 valence electrons. The van der Waals surface area contributed by atoms with Crippen molar-refractivity contribution in [3.05, 3.63) is 54.4 Å². The number of carbonyl (C=O) groups is 2. The Morgan fingerprint density at radius 1 is 1.41 bits per heavy atom. The number of amides is 1. The summed E-state index contributed by atoms with van der Waals surface area (Å²) < 4.78 is 6.96. The van der Waals surface area contributed by atoms with E-state index in [4.69, 9.17) is 4.74 Å². The molecule has 0 spiro atoms. The average molecular weight is 369 g/mol. The van der Waals surface area contributed by atoms with Crippen molar-refractivity contribution in [2.75, 3.05) is 18.5 Å². The van der Waals surface area contributed by atoms with Crippen LogP contribution in [0.4, 0.5) is 5.69 Å². The van der Waals surface area contributed by atoms with Gasteiger partial charge in [-0.3, -0.25) is 4.79 Å². The third-order valence-corrected chi connectivity index (χ3v) is 5.06. The number of nitrogens with zero attached hydrogens (tertiary/aromatic N) is 2. The van der Waals surface area contributed by atoms with Gasteiger partial charge < -0.3 is 15.2 Å². The molecule has 27 heavy (non-hydrogen) atoms. The topological polar surface area (TPSA) is 93.5 Å². The second-order valence-electron chi connectivity index (χ2n) is 6.75. The molecule has 7 heteroatoms. The molecular weight excluding hydrogens is 346 g/mol. The molecule has 1 fully saturated rings. The number of carboxylic acids is 1. The Kier molecular flexibility index (Phi) is 5.41. The lowest BCUT2D eigenvalue weighted by molar-refractivity contribution is -0.130. The lowest BCUT2D eigenvalue weighted by Gasteiger charge is -2.35. The Labute approximate surface area is 157 Å². The molecule has 1 aliphatic rings. The summed E-state index contributed by atoms with van der Waals surface area (Å²) in [4.78, 5) is 24.2. The van der Waals surface area contributed by atoms with Crippen LogP contribution in [0.25, 0.3) is 5.69 Å². The summed E-state index contributed by atoms with van der Waals surface area (Å²) in [5, 5.41) is 16.3. The maximum absolute atomic E-state index is 13.0. The minimum Gasteiger partial charge on any atom is -0.478 e. The van der Waals surface area contributed by atoms with Crippen molar-refractivity contribution in [1.82, 2.24) is 9.78 Å². The van der Waals surface area contributed by atoms with Crippen LogP contribution in [0, 0.1) is 12.3 Å². The van der Waals surface area contributed by atoms with Crippen molar-refractivity contribution in [2.24, 2.45) is 5.41 Å². The number of allylic oxidation sites excluding steroid dienone is 1. The number of aromatic carboxylic acids is 1. The zero-order valence-corrected chi connectivity index (χ0v) is 15.3. The predicted octanol–water partition coefficient (Wildman–Crippen LogP) is 3.19. The molecule has 0 bridgehead atoms. The lowest BCUT2D eigenvalue weighted by Crippen LogP contribution is -2.40. The molecule has 0 radical (unpaired) electrons. The molecular formula is C20H23N3O4. The third kappa shape index (κ3) is 3.78. The molecule has 0 aliphatic carbocycles. The number of hydrogen-bond donors (Lipinski definition) is 2. The molecule has 7 nitrogen and oxygen atoms in total. The van der Waals surface area contributed by atoms with E-state index in [2.05, 4.69) is 17.0 Å². The fourth-order valence-electron chi connectivity index (χ4n) is 3.42. The fourth-order valence-corrected chi connectivity index (χ4v) is 3.42. The van der Waals surface area contributed by atoms with Crippen molar-refractivity contribution in [3.63, 3.8) is 0 Å². The van der Waals surface area contributed by atoms with Gasteiger partial charge in [-0.15, -0.1) is 6.58 Å². The van der Waals surface area contributed by atoms with E-state index in [0.29, 0.717) is 49.5 Å². The molecule has 1 aliphatic heterocycles. The van der Waals surface area contributed by atoms with Gasteiger partial charge in [-0.1, -0.05) is 12.1 Å². The molecule has 0 unspecified atom stereocenters. The second-order valence-corrected chi connectivity index (χ2v) is 6.75. The number of anilines is 1. The van der Waals surface area contributed by atoms with Crippen LogP contribution in [-0.2, 0) is 9.53 Å². The van der Waals surface area contributed by atoms with Gasteiger partial charge in [0.2, 0.25) is 5.91 Å². The highest BCUT2D eigenvalue weighted by molar-refractivity contribution is 5.95. The van der Waals surface area contributed by atoms with E-state index in [0.717, 1.165) is 0 Å². The van der Waals surface area contributed by atoms with Gasteiger partial charge in [0.15, 0.2) is 0 Å². The summed E-state index contributed by atoms with van der Waals surface area (Å²) in [5.41, 5.74) is 1.49. The largest absolute Gasteiger partial charge is 0.478 e. The van der Waals surface area contributed by atoms with E-state index >= 15 is 0 Å². The first-order valence-electron chi connectivity index (χ1n) is 8.85. The van der Waals surface area contributed by atoms with Crippen LogP contribution >= 0.6 is 0 Å². The molecule has 2 heterocycles. The van der Waals surface area contributed by atoms with Crippen LogP contribution in [-0.4, -0.2) is 40.0 Å². The van der Waals surface area contributed by atoms with Crippen molar-refractivity contribution in [2.45, 2.75) is 26.2 Å². The Bertz CT molecular complexity index is 866. The number of rotatable bonds is 6. The molecule has 1 aromatic carbocycles. The Morgan fingerprint density at radius 2 is 2.15 bits per heavy atom. The number of carbonyl (C=O) groups excluding carboxylic acids is 1. The third-order valence-electron chi connectivity index (χ3n) is 5.06. The highest BCUT2D eigenvalue weighted by Gasteiger charge is 2.38. The fraction of sp³-hybridized carbons (Fsp3) is 0.350. The van der Waals surface area contributed by atoms with E-state index in [1.54, 1.807) is 35.9 Å². The number of ether oxygens (including phenoxy) is 1. The standard InChI is InChI=1S/C20H23N3O4/c1-3-7-20(8-10-27-11-9-20)19(26)22-15-5-4-6-16(12-15)23-14(2)17(13-21-23)18(24)25/h3-6,12-13H,1,7-11H2,2H3,(H,22,26)(H,24,25). The zero-order valence-electron chi connectivity index (χ0n) is 15.3. The quantitative estimate of drug-likeness (QED) is 0.763. The van der Waals surface area contributed by atoms with Gasteiger partial charge in [0.05, 0.1) is 23.0 Å². The molecule has 1 aromatic heterocycles. The van der Waals surface area contributed by atoms with Gasteiger partial charge in [0, 0.05) is 18.9 Å². The summed E-state index contributed by atoms with van der Waals surface area (Å²) in [6, 6.07) is 7.20. The van der Waals surface area contributed by atoms with E-state index in [9.17, 15) is 14.7 Å². The maximum Gasteiger partial charge on any atom is 0.339 e. The highest BCUT2D eigenvalue weighted by Crippen LogP contribution is 2.36. The Balaban J connectivity index is 1.84. The first-order chi connectivity index (χ1) is 13.0. The van der Waals surface area contributed by atoms with Crippen LogP contribution in [0.2, 0.25) is 0 Å². The van der Waals surface area contributed by atoms with Crippen molar-refractivity contribution >= 4 is 17.6 Å². The molecule has 2 N–H and O–H groups in total. The lowest BCUT2D eigenvalue weighted by atomic mass is 9.76. The molecule has 3 rings (SSSR count). The van der Waals surface area contributed by atoms with Crippen LogP contribution in [0.5, 0.6) is 0 Å². The SMILES string of the molecule is C=CCC1(C(=O)Nc2cccc(-n3ncc(C(=O)O)c3C)c2)CCOCC1. The monoisotopic (exact) mass is 369 g/mol. The number of aromatic nitrogens is 2. The zero-order chi connectivity index (χ0) is 19.4. The van der Waals surface area contributed by atoms with E-state index in [1.165, 1.54) is 6.20 Å². The molecule has 1 saturated heterocycles. The minimum absolute atomic E-state index is 0.0498. The normalized spacial score (nSPS) is 15.9. The predicted molar refractivity (Wildman–Crippen MR) is 101 cm³/mol. The number of carboxylic acid groups (broad SMARTS) is 1. The molecule has 2 aromatic rings. The number of hydrogen-bond acceptors (Lipinski definition) is 4. The van der Waals surface area contributed by atoms with Gasteiger partial charge in [0.1, 0.15) is 5.56 Å². The van der Waals surface area contributed by atoms with Gasteiger partial charge in [-0.25, -0.2) is 9.48 Å². The summed E-state index contributed by atoms with van der Waals surface area (Å²) >= 11 is 0. The Morgan fingerprint density at radius 3 is 2.78 bits per heavy atom. The van der Waals surface area contributed by atoms with E-state index in [-0.39, 0.29) is 11.5 Å². The number of nitrogens with one attached hydrogen (secondary N) is 1. The van der Waals surface area contributed by atoms with Gasteiger partial charge in [0.25, 0.3) is 0 Å². The van der Waals surface area contributed by atoms with Crippen molar-refractivity contribution in [3.8, 4) is 5.69 Å². The van der Waals surface area contributed by atoms with Crippen LogP contribution in [0.3, 0.4) is 0 Å². The second kappa shape index (κ2) is 7.75. The van der Waals surface area contributed by atoms with Gasteiger partial charge in [-0.2, -0.15) is 5.10 Å².